The van der Waals surface area contributed by atoms with Crippen LogP contribution in [-0.2, 0) is 9.59 Å². The van der Waals surface area contributed by atoms with E-state index in [0.717, 1.165) is 19.3 Å². The van der Waals surface area contributed by atoms with E-state index in [1.165, 1.54) is 29.2 Å². The Bertz CT molecular complexity index is 607. The van der Waals surface area contributed by atoms with E-state index in [9.17, 15) is 14.4 Å². The lowest BCUT2D eigenvalue weighted by Crippen LogP contribution is -2.30. The van der Waals surface area contributed by atoms with Crippen LogP contribution in [0.1, 0.15) is 36.5 Å². The van der Waals surface area contributed by atoms with Crippen LogP contribution in [0, 0.1) is 17.8 Å². The van der Waals surface area contributed by atoms with Gasteiger partial charge in [0.1, 0.15) is 0 Å². The molecule has 2 fully saturated rings. The predicted octanol–water partition coefficient (Wildman–Crippen LogP) is 2.31. The quantitative estimate of drug-likeness (QED) is 0.847. The molecule has 3 atom stereocenters. The van der Waals surface area contributed by atoms with Crippen molar-refractivity contribution in [3.63, 3.8) is 0 Å². The summed E-state index contributed by atoms with van der Waals surface area (Å²) in [6.07, 6.45) is 2.51. The highest BCUT2D eigenvalue weighted by atomic mass is 16.4. The molecular formula is C16H17NO4. The van der Waals surface area contributed by atoms with Gasteiger partial charge in [0.25, 0.3) is 0 Å². The van der Waals surface area contributed by atoms with E-state index in [0.29, 0.717) is 11.6 Å². The zero-order valence-corrected chi connectivity index (χ0v) is 11.8. The maximum atomic E-state index is 12.5. The summed E-state index contributed by atoms with van der Waals surface area (Å²) < 4.78 is 0. The van der Waals surface area contributed by atoms with Crippen molar-refractivity contribution < 1.29 is 19.5 Å². The third-order valence-corrected chi connectivity index (χ3v) is 4.56. The molecule has 5 heteroatoms. The molecule has 1 aliphatic carbocycles. The van der Waals surface area contributed by atoms with E-state index in [4.69, 9.17) is 5.11 Å². The lowest BCUT2D eigenvalue weighted by molar-refractivity contribution is -0.122. The molecule has 2 amide bonds. The van der Waals surface area contributed by atoms with Crippen LogP contribution in [0.2, 0.25) is 0 Å². The number of fused-ring (bicyclic) bond motifs is 1. The van der Waals surface area contributed by atoms with E-state index in [2.05, 4.69) is 6.92 Å². The number of benzene rings is 1. The van der Waals surface area contributed by atoms with Crippen molar-refractivity contribution in [2.24, 2.45) is 17.8 Å². The van der Waals surface area contributed by atoms with Crippen molar-refractivity contribution in [1.29, 1.82) is 0 Å². The van der Waals surface area contributed by atoms with Gasteiger partial charge in [0.05, 0.1) is 23.1 Å². The summed E-state index contributed by atoms with van der Waals surface area (Å²) in [5, 5.41) is 8.90. The molecule has 0 aromatic heterocycles. The van der Waals surface area contributed by atoms with Gasteiger partial charge in [-0.1, -0.05) is 6.92 Å². The van der Waals surface area contributed by atoms with Crippen LogP contribution in [0.5, 0.6) is 0 Å². The van der Waals surface area contributed by atoms with Gasteiger partial charge in [-0.2, -0.15) is 0 Å². The van der Waals surface area contributed by atoms with Crippen molar-refractivity contribution in [1.82, 2.24) is 0 Å². The number of carbonyl (C=O) groups is 3. The zero-order chi connectivity index (χ0) is 15.1. The molecule has 1 saturated heterocycles. The van der Waals surface area contributed by atoms with Crippen LogP contribution < -0.4 is 4.90 Å². The van der Waals surface area contributed by atoms with E-state index in [-0.39, 0.29) is 29.2 Å². The molecule has 0 bridgehead atoms. The highest BCUT2D eigenvalue weighted by molar-refractivity contribution is 6.22. The van der Waals surface area contributed by atoms with Gasteiger partial charge in [0, 0.05) is 0 Å². The fourth-order valence-corrected chi connectivity index (χ4v) is 3.40. The van der Waals surface area contributed by atoms with Gasteiger partial charge in [-0.15, -0.1) is 0 Å². The van der Waals surface area contributed by atoms with Gasteiger partial charge < -0.3 is 5.11 Å². The molecule has 0 unspecified atom stereocenters. The maximum Gasteiger partial charge on any atom is 0.335 e. The maximum absolute atomic E-state index is 12.5. The van der Waals surface area contributed by atoms with Gasteiger partial charge in [-0.05, 0) is 49.4 Å². The van der Waals surface area contributed by atoms with Crippen LogP contribution in [0.25, 0.3) is 0 Å². The summed E-state index contributed by atoms with van der Waals surface area (Å²) >= 11 is 0. The minimum absolute atomic E-state index is 0.139. The molecule has 1 saturated carbocycles. The molecule has 5 nitrogen and oxygen atoms in total. The van der Waals surface area contributed by atoms with Crippen LogP contribution in [-0.4, -0.2) is 22.9 Å². The molecule has 1 aromatic rings. The molecule has 1 heterocycles. The van der Waals surface area contributed by atoms with Crippen molar-refractivity contribution in [2.45, 2.75) is 26.2 Å². The number of aromatic carboxylic acids is 1. The first kappa shape index (κ1) is 13.8. The number of anilines is 1. The molecular weight excluding hydrogens is 270 g/mol. The number of carboxylic acids is 1. The zero-order valence-electron chi connectivity index (χ0n) is 11.8. The Kier molecular flexibility index (Phi) is 3.27. The highest BCUT2D eigenvalue weighted by Crippen LogP contribution is 2.42. The van der Waals surface area contributed by atoms with E-state index >= 15 is 0 Å². The second kappa shape index (κ2) is 4.98. The second-order valence-corrected chi connectivity index (χ2v) is 6.00. The van der Waals surface area contributed by atoms with Crippen molar-refractivity contribution in [3.8, 4) is 0 Å². The van der Waals surface area contributed by atoms with E-state index in [1.54, 1.807) is 0 Å². The first-order chi connectivity index (χ1) is 9.99. The monoisotopic (exact) mass is 287 g/mol. The number of rotatable bonds is 2. The lowest BCUT2D eigenvalue weighted by atomic mass is 9.76. The number of carboxylic acid groups (broad SMARTS) is 1. The largest absolute Gasteiger partial charge is 0.478 e. The van der Waals surface area contributed by atoms with Crippen LogP contribution in [0.3, 0.4) is 0 Å². The van der Waals surface area contributed by atoms with Gasteiger partial charge in [-0.3, -0.25) is 14.5 Å². The summed E-state index contributed by atoms with van der Waals surface area (Å²) in [5.41, 5.74) is 0.612. The molecule has 110 valence electrons. The van der Waals surface area contributed by atoms with Crippen molar-refractivity contribution in [2.75, 3.05) is 4.90 Å². The van der Waals surface area contributed by atoms with E-state index < -0.39 is 5.97 Å². The van der Waals surface area contributed by atoms with Gasteiger partial charge in [0.15, 0.2) is 0 Å². The average molecular weight is 287 g/mol. The highest BCUT2D eigenvalue weighted by Gasteiger charge is 2.49. The fraction of sp³-hybridized carbons (Fsp3) is 0.438. The van der Waals surface area contributed by atoms with E-state index in [1.807, 2.05) is 0 Å². The number of carbonyl (C=O) groups excluding carboxylic acids is 2. The van der Waals surface area contributed by atoms with Gasteiger partial charge >= 0.3 is 5.97 Å². The molecule has 0 radical (unpaired) electrons. The second-order valence-electron chi connectivity index (χ2n) is 6.00. The lowest BCUT2D eigenvalue weighted by Gasteiger charge is -2.25. The molecule has 21 heavy (non-hydrogen) atoms. The Balaban J connectivity index is 1.90. The van der Waals surface area contributed by atoms with Crippen molar-refractivity contribution in [3.05, 3.63) is 29.8 Å². The molecule has 3 rings (SSSR count). The summed E-state index contributed by atoms with van der Waals surface area (Å²) in [6.45, 7) is 2.11. The third-order valence-electron chi connectivity index (χ3n) is 4.56. The summed E-state index contributed by atoms with van der Waals surface area (Å²) in [4.78, 5) is 37.1. The number of amides is 2. The van der Waals surface area contributed by atoms with Crippen LogP contribution in [0.15, 0.2) is 24.3 Å². The Morgan fingerprint density at radius 1 is 1.10 bits per heavy atom. The van der Waals surface area contributed by atoms with Crippen molar-refractivity contribution >= 4 is 23.5 Å². The topological polar surface area (TPSA) is 74.7 Å². The minimum Gasteiger partial charge on any atom is -0.478 e. The number of imide groups is 1. The summed E-state index contributed by atoms with van der Waals surface area (Å²) in [5.74, 6) is -1.24. The average Bonchev–Trinajstić information content (AvgIpc) is 2.70. The van der Waals surface area contributed by atoms with Gasteiger partial charge in [-0.25, -0.2) is 4.79 Å². The Labute approximate surface area is 122 Å². The first-order valence-electron chi connectivity index (χ1n) is 7.20. The Hall–Kier alpha value is -2.17. The first-order valence-corrected chi connectivity index (χ1v) is 7.20. The smallest absolute Gasteiger partial charge is 0.335 e. The number of hydrogen-bond donors (Lipinski definition) is 1. The summed E-state index contributed by atoms with van der Waals surface area (Å²) in [7, 11) is 0. The SMILES string of the molecule is C[C@@H]1CC[C@H]2C(=O)N(c3ccc(C(=O)O)cc3)C(=O)[C@@H]2C1. The molecule has 2 aliphatic rings. The summed E-state index contributed by atoms with van der Waals surface area (Å²) in [6, 6.07) is 5.89. The fourth-order valence-electron chi connectivity index (χ4n) is 3.40. The molecule has 1 N–H and O–H groups in total. The van der Waals surface area contributed by atoms with Gasteiger partial charge in [0.2, 0.25) is 11.8 Å². The normalized spacial score (nSPS) is 28.6. The third kappa shape index (κ3) is 2.22. The molecule has 1 aliphatic heterocycles. The Morgan fingerprint density at radius 3 is 2.33 bits per heavy atom. The van der Waals surface area contributed by atoms with Crippen LogP contribution in [0.4, 0.5) is 5.69 Å². The molecule has 1 aromatic carbocycles. The van der Waals surface area contributed by atoms with Crippen LogP contribution >= 0.6 is 0 Å². The Morgan fingerprint density at radius 2 is 1.71 bits per heavy atom. The number of nitrogens with zero attached hydrogens (tertiary/aromatic N) is 1. The standard InChI is InChI=1S/C16H17NO4/c1-9-2-7-12-13(8-9)15(19)17(14(12)18)11-5-3-10(4-6-11)16(20)21/h3-6,9,12-13H,2,7-8H2,1H3,(H,20,21)/t9-,12-,13-/m1/s1. The predicted molar refractivity (Wildman–Crippen MR) is 75.9 cm³/mol. The minimum atomic E-state index is -1.02. The molecule has 0 spiro atoms. The number of hydrogen-bond acceptors (Lipinski definition) is 3.